The zero-order valence-corrected chi connectivity index (χ0v) is 31.7. The molecule has 1 aliphatic rings. The number of carbonyl (C=O) groups is 1. The van der Waals surface area contributed by atoms with Crippen molar-refractivity contribution in [3.63, 3.8) is 0 Å². The Morgan fingerprint density at radius 2 is 0.750 bits per heavy atom. The largest absolute Gasteiger partial charge is 0.303 e. The first-order valence-corrected chi connectivity index (χ1v) is 15.4. The van der Waals surface area contributed by atoms with Gasteiger partial charge in [0.1, 0.15) is 0 Å². The van der Waals surface area contributed by atoms with E-state index in [2.05, 4.69) is 267 Å². The minimum Gasteiger partial charge on any atom is -0.303 e. The quantitative estimate of drug-likeness (QED) is 0.0415. The first-order chi connectivity index (χ1) is 34.2. The molecule has 0 aliphatic carbocycles. The van der Waals surface area contributed by atoms with Crippen molar-refractivity contribution in [1.82, 2.24) is 14.5 Å². The first kappa shape index (κ1) is 48.1. The van der Waals surface area contributed by atoms with Crippen LogP contribution in [-0.4, -0.2) is 20.3 Å². The zero-order chi connectivity index (χ0) is 48.9. The number of carbonyl (C=O) groups excluding carboxylic acids is 1. The van der Waals surface area contributed by atoms with E-state index in [4.69, 9.17) is 1.41 Å². The van der Waals surface area contributed by atoms with E-state index in [-0.39, 0.29) is 17.2 Å². The summed E-state index contributed by atoms with van der Waals surface area (Å²) in [4.78, 5) is 32.9. The van der Waals surface area contributed by atoms with Gasteiger partial charge in [-0.1, -0.05) is 17.4 Å². The molecule has 0 spiro atoms. The van der Waals surface area contributed by atoms with Crippen LogP contribution in [0.5, 0.6) is 0 Å². The molecule has 1 aliphatic heterocycles. The molecule has 1 aromatic carbocycles. The summed E-state index contributed by atoms with van der Waals surface area (Å²) >= 11 is 0. The molecular weight excluding hydrogens is 929 g/mol. The number of nitrogens with two attached hydrogens (primary N) is 1. The molecular formula is C14H10N52O2. The Labute approximate surface area is 364 Å². The molecule has 54 heteroatoms. The Morgan fingerprint density at radius 1 is 0.426 bits per heavy atom. The van der Waals surface area contributed by atoms with Gasteiger partial charge in [0.25, 0.3) is 5.56 Å². The van der Waals surface area contributed by atoms with Crippen LogP contribution < -0.4 is 11.4 Å². The Hall–Kier alpha value is -12.6. The zero-order valence-electron chi connectivity index (χ0n) is 32.7. The lowest BCUT2D eigenvalue weighted by Crippen LogP contribution is -2.21. The third-order valence-electron chi connectivity index (χ3n) is 5.09. The van der Waals surface area contributed by atoms with Crippen molar-refractivity contribution < 1.29 is 6.21 Å². The summed E-state index contributed by atoms with van der Waals surface area (Å²) in [5.74, 6) is 4.52. The fourth-order valence-corrected chi connectivity index (χ4v) is 3.19. The molecule has 338 valence electrons. The maximum absolute atomic E-state index is 12.5. The summed E-state index contributed by atoms with van der Waals surface area (Å²) in [6.45, 7) is 0. The van der Waals surface area contributed by atoms with E-state index in [9.17, 15) is 9.59 Å². The number of ketones is 1. The maximum atomic E-state index is 12.5. The second kappa shape index (κ2) is 34.1. The van der Waals surface area contributed by atoms with Gasteiger partial charge >= 0.3 is 0 Å². The van der Waals surface area contributed by atoms with Gasteiger partial charge in [-0.05, 0) is 103 Å². The molecule has 54 nitrogen and oxygen atoms in total. The molecule has 3 N–H and O–H groups in total. The fraction of sp³-hybridized carbons (Fsp3) is 0. The molecule has 2 aromatic heterocycles. The van der Waals surface area contributed by atoms with Crippen LogP contribution in [0.3, 0.4) is 0 Å². The van der Waals surface area contributed by atoms with Crippen LogP contribution in [0.25, 0.3) is 16.7 Å². The highest BCUT2D eigenvalue weighted by atomic mass is 16.1. The molecule has 3 aromatic rings. The second-order valence-corrected chi connectivity index (χ2v) is 8.53. The van der Waals surface area contributed by atoms with Crippen LogP contribution in [0.4, 0.5) is 0 Å². The molecule has 0 saturated heterocycles. The first-order valence-electron chi connectivity index (χ1n) is 15.9. The van der Waals surface area contributed by atoms with Gasteiger partial charge in [-0.2, -0.15) is 5.52 Å². The number of para-hydroxylation sites is 1. The topological polar surface area (TPSA) is 696 Å². The number of aromatic nitrogens is 3. The van der Waals surface area contributed by atoms with E-state index in [0.29, 0.717) is 22.3 Å². The summed E-state index contributed by atoms with van der Waals surface area (Å²) in [7, 11) is 0. The van der Waals surface area contributed by atoms with Crippen LogP contribution in [0.15, 0.2) is 293 Å². The molecule has 0 atom stereocenters. The van der Waals surface area contributed by atoms with Crippen molar-refractivity contribution >= 4 is 16.8 Å². The number of nitrogens with zero attached hydrogens (tertiary/aromatic N) is 50. The molecule has 0 amide bonds. The van der Waals surface area contributed by atoms with Crippen molar-refractivity contribution in [1.29, 1.82) is 5.52 Å². The molecule has 4 rings (SSSR count). The predicted octanol–water partition coefficient (Wildman–Crippen LogP) is 9.66. The fourth-order valence-electron chi connectivity index (χ4n) is 3.19. The average molecular weight is 940 g/mol. The molecule has 0 saturated carbocycles. The number of pyridine rings is 1. The van der Waals surface area contributed by atoms with Gasteiger partial charge in [0.15, 0.2) is 11.5 Å². The highest BCUT2D eigenvalue weighted by Gasteiger charge is 2.29. The van der Waals surface area contributed by atoms with Crippen LogP contribution in [0, 0.1) is 5.52 Å². The molecule has 68 heavy (non-hydrogen) atoms. The van der Waals surface area contributed by atoms with E-state index in [1.165, 1.54) is 4.57 Å². The van der Waals surface area contributed by atoms with E-state index in [0.717, 1.165) is 0 Å². The van der Waals surface area contributed by atoms with Crippen molar-refractivity contribution in [2.75, 3.05) is 0 Å². The Morgan fingerprint density at radius 3 is 1.09 bits per heavy atom. The van der Waals surface area contributed by atoms with Crippen molar-refractivity contribution in [3.05, 3.63) is 64.3 Å². The number of rotatable bonds is 23. The molecule has 3 heterocycles. The number of fused-ring (bicyclic) bond motifs is 4. The van der Waals surface area contributed by atoms with Crippen molar-refractivity contribution in [3.8, 4) is 5.69 Å². The van der Waals surface area contributed by atoms with E-state index in [1.54, 1.807) is 42.6 Å². The lowest BCUT2D eigenvalue weighted by atomic mass is 10.1. The van der Waals surface area contributed by atoms with Crippen molar-refractivity contribution in [2.24, 2.45) is 251 Å². The Kier molecular flexibility index (Phi) is 24.1. The monoisotopic (exact) mass is 939 g/mol. The SMILES string of the molecule is O=C1c2ccccc2-n2c1nc1ncccc1c2=O.[2H]N=N/N=N/N=N/N=N/N=N/N=N/N=N/N=N/N=N/N=N/N=N/N=N/N=N/N=N/N=N/N=N/N=N/N=N/N=N/N=N/N=N/N=N/N=N/N=N/N. The third-order valence-corrected chi connectivity index (χ3v) is 5.09. The van der Waals surface area contributed by atoms with Gasteiger partial charge in [0.05, 0.1) is 16.6 Å². The summed E-state index contributed by atoms with van der Waals surface area (Å²) in [5, 5.41) is 140. The summed E-state index contributed by atoms with van der Waals surface area (Å²) in [6, 6.07) is 10.4. The van der Waals surface area contributed by atoms with Crippen LogP contribution in [0.1, 0.15) is 16.2 Å². The Balaban J connectivity index is 0.000000536. The van der Waals surface area contributed by atoms with Crippen LogP contribution in [0.2, 0.25) is 1.41 Å². The van der Waals surface area contributed by atoms with Crippen LogP contribution in [-0.2, 0) is 0 Å². The number of hydrogen-bond acceptors (Lipinski definition) is 6. The minimum absolute atomic E-state index is 0.136. The summed E-state index contributed by atoms with van der Waals surface area (Å²) in [6.07, 6.45) is 1.55. The Bertz CT molecular complexity index is 2780. The summed E-state index contributed by atoms with van der Waals surface area (Å²) < 4.78 is 7.61. The van der Waals surface area contributed by atoms with Gasteiger partial charge in [0, 0.05) is 168 Å². The normalized spacial score (nSPS) is 14.9. The lowest BCUT2D eigenvalue weighted by Gasteiger charge is -2.04. The van der Waals surface area contributed by atoms with Gasteiger partial charge in [0.2, 0.25) is 7.20 Å². The number of hydrogen-bond donors (Lipinski definition) is 2. The molecule has 0 radical (unpaired) electrons. The third kappa shape index (κ3) is 21.1. The smallest absolute Gasteiger partial charge is 0.267 e. The van der Waals surface area contributed by atoms with Crippen LogP contribution >= 0.6 is 0 Å². The lowest BCUT2D eigenvalue weighted by molar-refractivity contribution is 0.103. The van der Waals surface area contributed by atoms with E-state index in [1.807, 2.05) is 0 Å². The number of benzene rings is 1. The highest BCUT2D eigenvalue weighted by molar-refractivity contribution is 6.13. The average Bonchev–Trinajstić information content (AvgIpc) is 3.66. The van der Waals surface area contributed by atoms with E-state index >= 15 is 0 Å². The molecule has 0 bridgehead atoms. The van der Waals surface area contributed by atoms with Gasteiger partial charge in [-0.3, -0.25) is 14.2 Å². The molecule has 0 unspecified atom stereocenters. The van der Waals surface area contributed by atoms with E-state index < -0.39 is 0 Å². The standard InChI is InChI=1S/C14H7N3O2.H3N49/c18-11-8-4-1-2-6-10(8)17-13(11)16-12-9(14(17)19)5-3-7-15-12;1-3-5-7-9-11-13-15-17-19-21-23-25-27-29-31-33-35-37-39-41-43-45-47-49-48-46-44-42-40-38-36-34-32-30-28-26-24-22-20-18-16-14-12-10-8-6-4-2/h1-7H;(H3,1,2,5,6,9,10,13,14,17,18,21,22,25,26,29,30,33,34,37,38,41,42,45,46,49)/i/hD. The van der Waals surface area contributed by atoms with Gasteiger partial charge in [-0.25, -0.2) is 9.97 Å². The second-order valence-electron chi connectivity index (χ2n) is 8.53. The number of nitrogens with one attached hydrogen (secondary N) is 1. The summed E-state index contributed by atoms with van der Waals surface area (Å²) in [5.41, 5.74) is 3.64. The van der Waals surface area contributed by atoms with Gasteiger partial charge < -0.3 is 5.84 Å². The van der Waals surface area contributed by atoms with Crippen molar-refractivity contribution in [2.45, 2.75) is 0 Å². The van der Waals surface area contributed by atoms with Gasteiger partial charge in [-0.15, -0.1) is 0 Å². The molecule has 0 fully saturated rings. The minimum atomic E-state index is -0.258. The highest BCUT2D eigenvalue weighted by Crippen LogP contribution is 2.25. The maximum Gasteiger partial charge on any atom is 0.267 e. The predicted molar refractivity (Wildman–Crippen MR) is 190 cm³/mol.